The Morgan fingerprint density at radius 1 is 0.735 bits per heavy atom. The number of ether oxygens (including phenoxy) is 2. The van der Waals surface area contributed by atoms with E-state index in [1.807, 2.05) is 20.8 Å². The van der Waals surface area contributed by atoms with Gasteiger partial charge in [0.15, 0.2) is 29.1 Å². The molecule has 2 rings (SSSR count). The maximum absolute atomic E-state index is 14.5. The average molecular weight is 487 g/mol. The molecule has 0 amide bonds. The Kier molecular flexibility index (Phi) is 11.0. The topological polar surface area (TPSA) is 18.5 Å². The first-order valence-corrected chi connectivity index (χ1v) is 12.1. The lowest BCUT2D eigenvalue weighted by molar-refractivity contribution is -0.236. The van der Waals surface area contributed by atoms with Gasteiger partial charge in [-0.05, 0) is 38.3 Å². The van der Waals surface area contributed by atoms with Crippen molar-refractivity contribution in [3.05, 3.63) is 58.9 Å². The fourth-order valence-corrected chi connectivity index (χ4v) is 4.45. The van der Waals surface area contributed by atoms with Gasteiger partial charge in [-0.3, -0.25) is 0 Å². The first kappa shape index (κ1) is 28.2. The van der Waals surface area contributed by atoms with Crippen LogP contribution in [0, 0.1) is 29.1 Å². The molecule has 0 saturated heterocycles. The minimum atomic E-state index is -2.17. The normalized spacial score (nSPS) is 12.9. The summed E-state index contributed by atoms with van der Waals surface area (Å²) in [6, 6.07) is 6.13. The minimum absolute atomic E-state index is 0.0893. The van der Waals surface area contributed by atoms with Gasteiger partial charge in [0.25, 0.3) is 0 Å². The summed E-state index contributed by atoms with van der Waals surface area (Å²) >= 11 is 0. The lowest BCUT2D eigenvalue weighted by Gasteiger charge is -2.37. The monoisotopic (exact) mass is 486 g/mol. The fourth-order valence-electron chi connectivity index (χ4n) is 4.45. The van der Waals surface area contributed by atoms with Crippen molar-refractivity contribution < 1.29 is 31.4 Å². The van der Waals surface area contributed by atoms with Gasteiger partial charge >= 0.3 is 0 Å². The van der Waals surface area contributed by atoms with Gasteiger partial charge < -0.3 is 9.47 Å². The number of hydrogen-bond acceptors (Lipinski definition) is 2. The van der Waals surface area contributed by atoms with Crippen LogP contribution in [0.15, 0.2) is 24.3 Å². The van der Waals surface area contributed by atoms with Gasteiger partial charge in [-0.25, -0.2) is 22.0 Å². The third kappa shape index (κ3) is 6.57. The second-order valence-corrected chi connectivity index (χ2v) is 8.56. The molecule has 0 aliphatic heterocycles. The zero-order chi connectivity index (χ0) is 25.3. The Morgan fingerprint density at radius 2 is 1.26 bits per heavy atom. The molecule has 0 aromatic heterocycles. The van der Waals surface area contributed by atoms with Gasteiger partial charge in [-0.2, -0.15) is 0 Å². The molecule has 0 fully saturated rings. The molecule has 0 radical (unpaired) electrons. The highest BCUT2D eigenvalue weighted by atomic mass is 19.2. The van der Waals surface area contributed by atoms with Crippen molar-refractivity contribution >= 4 is 0 Å². The van der Waals surface area contributed by atoms with Crippen LogP contribution in [-0.2, 0) is 9.47 Å². The molecule has 0 saturated carbocycles. The van der Waals surface area contributed by atoms with Crippen LogP contribution in [0.2, 0.25) is 0 Å². The average Bonchev–Trinajstić information content (AvgIpc) is 2.81. The van der Waals surface area contributed by atoms with Gasteiger partial charge in [0.05, 0.1) is 5.56 Å². The Bertz CT molecular complexity index is 896. The summed E-state index contributed by atoms with van der Waals surface area (Å²) in [4.78, 5) is 0. The Morgan fingerprint density at radius 3 is 1.82 bits per heavy atom. The highest BCUT2D eigenvalue weighted by molar-refractivity contribution is 5.66. The summed E-state index contributed by atoms with van der Waals surface area (Å²) in [5, 5.41) is 0. The SMILES string of the molecule is CCCCCCCCC(c1cccc(-c2c(F)c(F)c(F)c(F)c2F)c1)C(C)(OCC)OCC. The van der Waals surface area contributed by atoms with Crippen molar-refractivity contribution in [3.8, 4) is 11.1 Å². The van der Waals surface area contributed by atoms with Crippen LogP contribution >= 0.6 is 0 Å². The quantitative estimate of drug-likeness (QED) is 0.0874. The van der Waals surface area contributed by atoms with Crippen LogP contribution in [0.4, 0.5) is 22.0 Å². The van der Waals surface area contributed by atoms with E-state index < -0.39 is 40.4 Å². The van der Waals surface area contributed by atoms with Gasteiger partial charge in [-0.15, -0.1) is 0 Å². The molecule has 2 aromatic rings. The molecule has 0 aliphatic carbocycles. The molecule has 0 heterocycles. The number of unbranched alkanes of at least 4 members (excludes halogenated alkanes) is 5. The summed E-state index contributed by atoms with van der Waals surface area (Å²) in [7, 11) is 0. The maximum Gasteiger partial charge on any atom is 0.200 e. The maximum atomic E-state index is 14.5. The molecular weight excluding hydrogens is 451 g/mol. The second-order valence-electron chi connectivity index (χ2n) is 8.56. The fraction of sp³-hybridized carbons (Fsp3) is 0.556. The van der Waals surface area contributed by atoms with Crippen molar-refractivity contribution in [1.29, 1.82) is 0 Å². The van der Waals surface area contributed by atoms with Crippen molar-refractivity contribution in [2.45, 2.75) is 84.3 Å². The summed E-state index contributed by atoms with van der Waals surface area (Å²) in [6.45, 7) is 8.46. The van der Waals surface area contributed by atoms with Crippen LogP contribution in [0.5, 0.6) is 0 Å². The first-order chi connectivity index (χ1) is 16.2. The standard InChI is InChI=1S/C27H35F5O2/c1-5-8-9-10-11-12-16-20(27(4,33-6-2)34-7-3)18-14-13-15-19(17-18)21-22(28)24(30)26(32)25(31)23(21)29/h13-15,17,20H,5-12,16H2,1-4H3. The third-order valence-electron chi connectivity index (χ3n) is 6.13. The van der Waals surface area contributed by atoms with Gasteiger partial charge in [-0.1, -0.05) is 69.7 Å². The number of benzene rings is 2. The Balaban J connectivity index is 2.47. The van der Waals surface area contributed by atoms with E-state index in [-0.39, 0.29) is 11.5 Å². The summed E-state index contributed by atoms with van der Waals surface area (Å²) < 4.78 is 82.1. The Hall–Kier alpha value is -1.99. The van der Waals surface area contributed by atoms with E-state index in [0.29, 0.717) is 25.2 Å². The molecule has 1 unspecified atom stereocenters. The third-order valence-corrected chi connectivity index (χ3v) is 6.13. The van der Waals surface area contributed by atoms with Crippen LogP contribution in [0.3, 0.4) is 0 Å². The molecule has 7 heteroatoms. The molecule has 34 heavy (non-hydrogen) atoms. The highest BCUT2D eigenvalue weighted by Crippen LogP contribution is 2.40. The van der Waals surface area contributed by atoms with E-state index in [1.165, 1.54) is 18.6 Å². The molecule has 190 valence electrons. The predicted molar refractivity (Wildman–Crippen MR) is 124 cm³/mol. The van der Waals surface area contributed by atoms with Crippen LogP contribution in [0.1, 0.15) is 84.1 Å². The van der Waals surface area contributed by atoms with E-state index in [9.17, 15) is 22.0 Å². The first-order valence-electron chi connectivity index (χ1n) is 12.1. The van der Waals surface area contributed by atoms with Crippen LogP contribution < -0.4 is 0 Å². The van der Waals surface area contributed by atoms with E-state index in [1.54, 1.807) is 12.1 Å². The molecule has 2 nitrogen and oxygen atoms in total. The van der Waals surface area contributed by atoms with Crippen LogP contribution in [0.25, 0.3) is 11.1 Å². The number of hydrogen-bond donors (Lipinski definition) is 0. The van der Waals surface area contributed by atoms with Gasteiger partial charge in [0.1, 0.15) is 0 Å². The minimum Gasteiger partial charge on any atom is -0.350 e. The van der Waals surface area contributed by atoms with Crippen LogP contribution in [-0.4, -0.2) is 19.0 Å². The lowest BCUT2D eigenvalue weighted by atomic mass is 9.84. The van der Waals surface area contributed by atoms with E-state index in [0.717, 1.165) is 32.1 Å². The van der Waals surface area contributed by atoms with Crippen molar-refractivity contribution in [1.82, 2.24) is 0 Å². The van der Waals surface area contributed by atoms with E-state index >= 15 is 0 Å². The van der Waals surface area contributed by atoms with E-state index in [4.69, 9.17) is 9.47 Å². The molecule has 2 aromatic carbocycles. The summed E-state index contributed by atoms with van der Waals surface area (Å²) in [6.07, 6.45) is 7.18. The van der Waals surface area contributed by atoms with Crippen molar-refractivity contribution in [3.63, 3.8) is 0 Å². The van der Waals surface area contributed by atoms with Gasteiger partial charge in [0, 0.05) is 19.1 Å². The Labute approximate surface area is 199 Å². The molecule has 0 aliphatic rings. The molecule has 0 spiro atoms. The summed E-state index contributed by atoms with van der Waals surface area (Å²) in [5.41, 5.74) is -0.376. The molecule has 1 atom stereocenters. The second kappa shape index (κ2) is 13.2. The van der Waals surface area contributed by atoms with Crippen molar-refractivity contribution in [2.24, 2.45) is 0 Å². The highest BCUT2D eigenvalue weighted by Gasteiger charge is 2.37. The zero-order valence-corrected chi connectivity index (χ0v) is 20.5. The van der Waals surface area contributed by atoms with Crippen molar-refractivity contribution in [2.75, 3.05) is 13.2 Å². The molecule has 0 N–H and O–H groups in total. The molecular formula is C27H35F5O2. The number of halogens is 5. The smallest absolute Gasteiger partial charge is 0.200 e. The zero-order valence-electron chi connectivity index (χ0n) is 20.5. The lowest BCUT2D eigenvalue weighted by Crippen LogP contribution is -2.39. The molecule has 0 bridgehead atoms. The van der Waals surface area contributed by atoms with Gasteiger partial charge in [0.2, 0.25) is 5.82 Å². The summed E-state index contributed by atoms with van der Waals surface area (Å²) in [5.74, 6) is -11.1. The van der Waals surface area contributed by atoms with E-state index in [2.05, 4.69) is 6.92 Å². The predicted octanol–water partition coefficient (Wildman–Crippen LogP) is 8.67. The number of rotatable bonds is 14. The largest absolute Gasteiger partial charge is 0.350 e.